The van der Waals surface area contributed by atoms with Crippen molar-refractivity contribution in [1.29, 1.82) is 0 Å². The fourth-order valence-corrected chi connectivity index (χ4v) is 3.52. The second-order valence-corrected chi connectivity index (χ2v) is 7.17. The van der Waals surface area contributed by atoms with Crippen molar-refractivity contribution in [1.82, 2.24) is 4.90 Å². The largest absolute Gasteiger partial charge is 0.494 e. The van der Waals surface area contributed by atoms with E-state index >= 15 is 0 Å². The van der Waals surface area contributed by atoms with E-state index in [-0.39, 0.29) is 29.3 Å². The summed E-state index contributed by atoms with van der Waals surface area (Å²) in [4.78, 5) is 38.6. The van der Waals surface area contributed by atoms with Gasteiger partial charge in [0.05, 0.1) is 50.0 Å². The van der Waals surface area contributed by atoms with Gasteiger partial charge in [-0.25, -0.2) is 0 Å². The third-order valence-electron chi connectivity index (χ3n) is 5.37. The molecule has 9 heteroatoms. The van der Waals surface area contributed by atoms with E-state index < -0.39 is 4.92 Å². The fourth-order valence-electron chi connectivity index (χ4n) is 3.52. The van der Waals surface area contributed by atoms with Crippen molar-refractivity contribution in [3.05, 3.63) is 64.2 Å². The topological polar surface area (TPSA) is 106 Å². The molecule has 1 aliphatic rings. The van der Waals surface area contributed by atoms with Gasteiger partial charge in [0, 0.05) is 11.6 Å². The van der Waals surface area contributed by atoms with E-state index in [9.17, 15) is 19.7 Å². The van der Waals surface area contributed by atoms with Gasteiger partial charge < -0.3 is 19.9 Å². The molecule has 9 nitrogen and oxygen atoms in total. The lowest BCUT2D eigenvalue weighted by Gasteiger charge is -2.34. The summed E-state index contributed by atoms with van der Waals surface area (Å²) in [5.74, 6) is 0.0281. The minimum atomic E-state index is -0.517. The van der Waals surface area contributed by atoms with Gasteiger partial charge in [-0.3, -0.25) is 19.7 Å². The molecule has 0 aliphatic carbocycles. The molecule has 0 saturated carbocycles. The van der Waals surface area contributed by atoms with E-state index in [4.69, 9.17) is 4.74 Å². The predicted octanol–water partition coefficient (Wildman–Crippen LogP) is 0.971. The van der Waals surface area contributed by atoms with Crippen LogP contribution in [-0.4, -0.2) is 61.0 Å². The number of piperazine rings is 1. The zero-order valence-electron chi connectivity index (χ0n) is 17.0. The first-order valence-electron chi connectivity index (χ1n) is 9.73. The minimum Gasteiger partial charge on any atom is -0.494 e. The number of nitro benzene ring substituents is 1. The second-order valence-electron chi connectivity index (χ2n) is 7.17. The highest BCUT2D eigenvalue weighted by atomic mass is 16.6. The van der Waals surface area contributed by atoms with Crippen LogP contribution in [0.3, 0.4) is 0 Å². The van der Waals surface area contributed by atoms with Crippen LogP contribution in [0.2, 0.25) is 0 Å². The van der Waals surface area contributed by atoms with Gasteiger partial charge in [0.25, 0.3) is 17.5 Å². The molecule has 30 heavy (non-hydrogen) atoms. The van der Waals surface area contributed by atoms with Crippen LogP contribution in [-0.2, 0) is 4.79 Å². The number of anilines is 1. The number of amides is 2. The van der Waals surface area contributed by atoms with Gasteiger partial charge >= 0.3 is 0 Å². The quantitative estimate of drug-likeness (QED) is 0.542. The zero-order chi connectivity index (χ0) is 21.7. The maximum atomic E-state index is 12.7. The summed E-state index contributed by atoms with van der Waals surface area (Å²) >= 11 is 0. The van der Waals surface area contributed by atoms with Crippen molar-refractivity contribution in [2.75, 3.05) is 38.6 Å². The summed E-state index contributed by atoms with van der Waals surface area (Å²) in [6.07, 6.45) is 0. The predicted molar refractivity (Wildman–Crippen MR) is 111 cm³/mol. The summed E-state index contributed by atoms with van der Waals surface area (Å²) < 4.78 is 5.17. The van der Waals surface area contributed by atoms with Crippen LogP contribution in [0.5, 0.6) is 5.75 Å². The van der Waals surface area contributed by atoms with Crippen molar-refractivity contribution in [2.24, 2.45) is 0 Å². The number of quaternary nitrogens is 1. The van der Waals surface area contributed by atoms with Crippen LogP contribution < -0.4 is 15.0 Å². The third kappa shape index (κ3) is 4.74. The highest BCUT2D eigenvalue weighted by Gasteiger charge is 2.31. The van der Waals surface area contributed by atoms with Gasteiger partial charge in [0.2, 0.25) is 0 Å². The molecule has 2 N–H and O–H groups in total. The molecule has 3 rings (SSSR count). The zero-order valence-corrected chi connectivity index (χ0v) is 17.0. The van der Waals surface area contributed by atoms with E-state index in [0.29, 0.717) is 37.4 Å². The summed E-state index contributed by atoms with van der Waals surface area (Å²) in [7, 11) is 1.40. The van der Waals surface area contributed by atoms with Gasteiger partial charge in [0.1, 0.15) is 5.75 Å². The Hall–Kier alpha value is -3.46. The Balaban J connectivity index is 1.59. The lowest BCUT2D eigenvalue weighted by atomic mass is 10.1. The molecule has 1 aliphatic heterocycles. The molecule has 0 unspecified atom stereocenters. The van der Waals surface area contributed by atoms with Gasteiger partial charge in [-0.05, 0) is 25.1 Å². The highest BCUT2D eigenvalue weighted by molar-refractivity contribution is 5.95. The van der Waals surface area contributed by atoms with E-state index in [1.165, 1.54) is 25.3 Å². The number of hydrogen-bond donors (Lipinski definition) is 2. The second kappa shape index (κ2) is 9.36. The monoisotopic (exact) mass is 413 g/mol. The number of carbonyl (C=O) groups is 2. The molecule has 2 aromatic carbocycles. The standard InChI is InChI=1S/C21H24N4O5/c1-15(20(26)22-18-9-8-17(25(28)29)14-19(18)30-2)23-10-12-24(13-11-23)21(27)16-6-4-3-5-7-16/h3-9,14-15H,10-13H2,1-2H3,(H,22,26)/p+1/t15-/m1/s1. The van der Waals surface area contributed by atoms with Gasteiger partial charge in [0.15, 0.2) is 6.04 Å². The number of non-ortho nitro benzene ring substituents is 1. The van der Waals surface area contributed by atoms with Gasteiger partial charge in [-0.2, -0.15) is 0 Å². The number of benzene rings is 2. The number of methoxy groups -OCH3 is 1. The normalized spacial score (nSPS) is 15.3. The third-order valence-corrected chi connectivity index (χ3v) is 5.37. The van der Waals surface area contributed by atoms with Crippen molar-refractivity contribution < 1.29 is 24.1 Å². The molecule has 0 spiro atoms. The molecule has 1 fully saturated rings. The van der Waals surface area contributed by atoms with Crippen LogP contribution in [0.15, 0.2) is 48.5 Å². The molecular formula is C21H25N4O5+. The number of nitro groups is 1. The molecular weight excluding hydrogens is 388 g/mol. The van der Waals surface area contributed by atoms with Crippen LogP contribution in [0.1, 0.15) is 17.3 Å². The van der Waals surface area contributed by atoms with Gasteiger partial charge in [-0.15, -0.1) is 0 Å². The minimum absolute atomic E-state index is 0.00220. The Morgan fingerprint density at radius 2 is 1.83 bits per heavy atom. The molecule has 1 atom stereocenters. The SMILES string of the molecule is COc1cc([N+](=O)[O-])ccc1NC(=O)[C@@H](C)[NH+]1CCN(C(=O)c2ccccc2)CC1. The molecule has 158 valence electrons. The number of ether oxygens (including phenoxy) is 1. The first-order chi connectivity index (χ1) is 14.4. The van der Waals surface area contributed by atoms with Crippen LogP contribution in [0, 0.1) is 10.1 Å². The molecule has 0 radical (unpaired) electrons. The summed E-state index contributed by atoms with van der Waals surface area (Å²) in [5.41, 5.74) is 0.942. The molecule has 1 saturated heterocycles. The Morgan fingerprint density at radius 3 is 2.43 bits per heavy atom. The average molecular weight is 413 g/mol. The maximum Gasteiger partial charge on any atom is 0.282 e. The number of hydrogen-bond acceptors (Lipinski definition) is 5. The molecule has 0 aromatic heterocycles. The maximum absolute atomic E-state index is 12.7. The summed E-state index contributed by atoms with van der Waals surface area (Å²) in [5, 5.41) is 13.7. The van der Waals surface area contributed by atoms with Gasteiger partial charge in [-0.1, -0.05) is 18.2 Å². The molecule has 2 aromatic rings. The first kappa shape index (κ1) is 21.3. The Morgan fingerprint density at radius 1 is 1.17 bits per heavy atom. The van der Waals surface area contributed by atoms with E-state index in [1.54, 1.807) is 12.1 Å². The van der Waals surface area contributed by atoms with Crippen molar-refractivity contribution in [3.8, 4) is 5.75 Å². The van der Waals surface area contributed by atoms with E-state index in [1.807, 2.05) is 30.0 Å². The number of nitrogens with one attached hydrogen (secondary N) is 2. The van der Waals surface area contributed by atoms with Crippen molar-refractivity contribution >= 4 is 23.2 Å². The van der Waals surface area contributed by atoms with E-state index in [2.05, 4.69) is 5.32 Å². The molecule has 0 bridgehead atoms. The molecule has 2 amide bonds. The van der Waals surface area contributed by atoms with Crippen LogP contribution in [0.4, 0.5) is 11.4 Å². The fraction of sp³-hybridized carbons (Fsp3) is 0.333. The highest BCUT2D eigenvalue weighted by Crippen LogP contribution is 2.29. The Labute approximate surface area is 174 Å². The van der Waals surface area contributed by atoms with Crippen molar-refractivity contribution in [3.63, 3.8) is 0 Å². The Kier molecular flexibility index (Phi) is 6.63. The van der Waals surface area contributed by atoms with E-state index in [0.717, 1.165) is 4.90 Å². The van der Waals surface area contributed by atoms with Crippen LogP contribution in [0.25, 0.3) is 0 Å². The first-order valence-corrected chi connectivity index (χ1v) is 9.73. The number of rotatable bonds is 6. The summed E-state index contributed by atoms with van der Waals surface area (Å²) in [6.45, 7) is 4.29. The number of carbonyl (C=O) groups excluding carboxylic acids is 2. The van der Waals surface area contributed by atoms with Crippen LogP contribution >= 0.6 is 0 Å². The Bertz CT molecular complexity index is 926. The summed E-state index contributed by atoms with van der Waals surface area (Å²) in [6, 6.07) is 12.9. The number of nitrogens with zero attached hydrogens (tertiary/aromatic N) is 2. The lowest BCUT2D eigenvalue weighted by molar-refractivity contribution is -0.917. The average Bonchev–Trinajstić information content (AvgIpc) is 2.78. The van der Waals surface area contributed by atoms with Crippen molar-refractivity contribution in [2.45, 2.75) is 13.0 Å². The lowest BCUT2D eigenvalue weighted by Crippen LogP contribution is -3.19. The smallest absolute Gasteiger partial charge is 0.282 e. The molecule has 1 heterocycles.